The Morgan fingerprint density at radius 3 is 2.67 bits per heavy atom. The van der Waals surface area contributed by atoms with Crippen LogP contribution in [0.2, 0.25) is 5.02 Å². The molecule has 2 nitrogen and oxygen atoms in total. The first-order chi connectivity index (χ1) is 5.77. The zero-order valence-corrected chi connectivity index (χ0v) is 7.89. The molecule has 0 aliphatic heterocycles. The molecule has 0 spiro atoms. The van der Waals surface area contributed by atoms with E-state index in [1.165, 1.54) is 0 Å². The lowest BCUT2D eigenvalue weighted by molar-refractivity contribution is 0.311. The minimum Gasteiger partial charge on any atom is -0.493 e. The van der Waals surface area contributed by atoms with E-state index in [1.807, 2.05) is 6.92 Å². The molecule has 1 rings (SSSR count). The van der Waals surface area contributed by atoms with Crippen LogP contribution in [0.5, 0.6) is 11.5 Å². The molecule has 12 heavy (non-hydrogen) atoms. The van der Waals surface area contributed by atoms with E-state index in [1.54, 1.807) is 25.3 Å². The van der Waals surface area contributed by atoms with Crippen LogP contribution in [0.25, 0.3) is 0 Å². The molecule has 1 aromatic rings. The summed E-state index contributed by atoms with van der Waals surface area (Å²) >= 11 is 5.77. The summed E-state index contributed by atoms with van der Waals surface area (Å²) in [4.78, 5) is 0. The molecule has 3 heteroatoms. The van der Waals surface area contributed by atoms with E-state index < -0.39 is 0 Å². The van der Waals surface area contributed by atoms with Gasteiger partial charge in [0.1, 0.15) is 0 Å². The van der Waals surface area contributed by atoms with Crippen molar-refractivity contribution < 1.29 is 9.47 Å². The molecule has 0 saturated heterocycles. The van der Waals surface area contributed by atoms with Crippen LogP contribution < -0.4 is 9.47 Å². The standard InChI is InChI=1S/C9H11ClO2/c1-3-12-9-6-7(10)4-5-8(9)11-2/h4-6H,3H2,1-2H3. The van der Waals surface area contributed by atoms with Crippen LogP contribution in [0.4, 0.5) is 0 Å². The number of ether oxygens (including phenoxy) is 2. The lowest BCUT2D eigenvalue weighted by atomic mass is 10.3. The van der Waals surface area contributed by atoms with E-state index in [4.69, 9.17) is 21.1 Å². The molecule has 0 unspecified atom stereocenters. The Morgan fingerprint density at radius 1 is 1.33 bits per heavy atom. The predicted octanol–water partition coefficient (Wildman–Crippen LogP) is 2.75. The molecule has 0 aliphatic rings. The van der Waals surface area contributed by atoms with E-state index in [0.29, 0.717) is 23.1 Å². The molecule has 0 N–H and O–H groups in total. The van der Waals surface area contributed by atoms with Gasteiger partial charge in [-0.2, -0.15) is 0 Å². The second kappa shape index (κ2) is 4.21. The monoisotopic (exact) mass is 186 g/mol. The number of hydrogen-bond donors (Lipinski definition) is 0. The van der Waals surface area contributed by atoms with Gasteiger partial charge in [-0.15, -0.1) is 0 Å². The number of methoxy groups -OCH3 is 1. The van der Waals surface area contributed by atoms with Crippen LogP contribution >= 0.6 is 11.6 Å². The molecule has 0 amide bonds. The molecule has 0 fully saturated rings. The number of rotatable bonds is 3. The third kappa shape index (κ3) is 2.05. The molecule has 0 aliphatic carbocycles. The highest BCUT2D eigenvalue weighted by Gasteiger charge is 2.02. The molecule has 0 saturated carbocycles. The Bertz CT molecular complexity index is 261. The van der Waals surface area contributed by atoms with Crippen LogP contribution in [-0.4, -0.2) is 13.7 Å². The fourth-order valence-corrected chi connectivity index (χ4v) is 1.08. The van der Waals surface area contributed by atoms with E-state index in [2.05, 4.69) is 0 Å². The summed E-state index contributed by atoms with van der Waals surface area (Å²) < 4.78 is 10.4. The summed E-state index contributed by atoms with van der Waals surface area (Å²) in [6.45, 7) is 2.52. The third-order valence-electron chi connectivity index (χ3n) is 1.43. The van der Waals surface area contributed by atoms with E-state index in [-0.39, 0.29) is 0 Å². The maximum atomic E-state index is 5.77. The number of benzene rings is 1. The lowest BCUT2D eigenvalue weighted by Crippen LogP contribution is -1.94. The summed E-state index contributed by atoms with van der Waals surface area (Å²) in [5, 5.41) is 0.652. The maximum absolute atomic E-state index is 5.77. The van der Waals surface area contributed by atoms with E-state index in [9.17, 15) is 0 Å². The number of hydrogen-bond acceptors (Lipinski definition) is 2. The Hall–Kier alpha value is -0.890. The molecular weight excluding hydrogens is 176 g/mol. The fraction of sp³-hybridized carbons (Fsp3) is 0.333. The molecule has 0 aromatic heterocycles. The van der Waals surface area contributed by atoms with Gasteiger partial charge in [0.15, 0.2) is 11.5 Å². The quantitative estimate of drug-likeness (QED) is 0.723. The zero-order chi connectivity index (χ0) is 8.97. The molecule has 0 radical (unpaired) electrons. The second-order valence-electron chi connectivity index (χ2n) is 2.23. The minimum absolute atomic E-state index is 0.608. The van der Waals surface area contributed by atoms with Crippen molar-refractivity contribution in [1.29, 1.82) is 0 Å². The molecule has 1 aromatic carbocycles. The van der Waals surface area contributed by atoms with Crippen molar-refractivity contribution in [2.24, 2.45) is 0 Å². The summed E-state index contributed by atoms with van der Waals surface area (Å²) in [6, 6.07) is 5.29. The van der Waals surface area contributed by atoms with Crippen LogP contribution in [0.3, 0.4) is 0 Å². The summed E-state index contributed by atoms with van der Waals surface area (Å²) in [5.74, 6) is 1.40. The highest BCUT2D eigenvalue weighted by Crippen LogP contribution is 2.29. The van der Waals surface area contributed by atoms with Gasteiger partial charge >= 0.3 is 0 Å². The van der Waals surface area contributed by atoms with Gasteiger partial charge in [0.25, 0.3) is 0 Å². The average Bonchev–Trinajstić information content (AvgIpc) is 2.05. The highest BCUT2D eigenvalue weighted by molar-refractivity contribution is 6.30. The molecule has 0 heterocycles. The van der Waals surface area contributed by atoms with Gasteiger partial charge in [-0.1, -0.05) is 11.6 Å². The van der Waals surface area contributed by atoms with Gasteiger partial charge in [-0.3, -0.25) is 0 Å². The molecule has 66 valence electrons. The summed E-state index contributed by atoms with van der Waals surface area (Å²) in [6.07, 6.45) is 0. The lowest BCUT2D eigenvalue weighted by Gasteiger charge is -2.08. The largest absolute Gasteiger partial charge is 0.493 e. The van der Waals surface area contributed by atoms with Crippen molar-refractivity contribution in [3.8, 4) is 11.5 Å². The molecular formula is C9H11ClO2. The van der Waals surface area contributed by atoms with Gasteiger partial charge in [0, 0.05) is 11.1 Å². The van der Waals surface area contributed by atoms with Gasteiger partial charge in [-0.25, -0.2) is 0 Å². The van der Waals surface area contributed by atoms with Gasteiger partial charge < -0.3 is 9.47 Å². The van der Waals surface area contributed by atoms with Crippen LogP contribution in [0, 0.1) is 0 Å². The Kier molecular flexibility index (Phi) is 3.23. The first-order valence-corrected chi connectivity index (χ1v) is 4.12. The number of halogens is 1. The van der Waals surface area contributed by atoms with Crippen molar-refractivity contribution >= 4 is 11.6 Å². The van der Waals surface area contributed by atoms with Crippen molar-refractivity contribution in [3.05, 3.63) is 23.2 Å². The first-order valence-electron chi connectivity index (χ1n) is 3.74. The Morgan fingerprint density at radius 2 is 2.08 bits per heavy atom. The van der Waals surface area contributed by atoms with Crippen LogP contribution in [0.15, 0.2) is 18.2 Å². The van der Waals surface area contributed by atoms with Crippen molar-refractivity contribution in [2.75, 3.05) is 13.7 Å². The SMILES string of the molecule is CCOc1cc(Cl)ccc1OC. The Balaban J connectivity index is 2.95. The molecule has 0 bridgehead atoms. The normalized spacial score (nSPS) is 9.58. The topological polar surface area (TPSA) is 18.5 Å². The van der Waals surface area contributed by atoms with Gasteiger partial charge in [0.2, 0.25) is 0 Å². The second-order valence-corrected chi connectivity index (χ2v) is 2.66. The van der Waals surface area contributed by atoms with Gasteiger partial charge in [0.05, 0.1) is 13.7 Å². The van der Waals surface area contributed by atoms with Crippen molar-refractivity contribution in [1.82, 2.24) is 0 Å². The van der Waals surface area contributed by atoms with Crippen LogP contribution in [0.1, 0.15) is 6.92 Å². The maximum Gasteiger partial charge on any atom is 0.162 e. The van der Waals surface area contributed by atoms with Gasteiger partial charge in [-0.05, 0) is 19.1 Å². The third-order valence-corrected chi connectivity index (χ3v) is 1.66. The predicted molar refractivity (Wildman–Crippen MR) is 49.2 cm³/mol. The smallest absolute Gasteiger partial charge is 0.162 e. The van der Waals surface area contributed by atoms with E-state index in [0.717, 1.165) is 0 Å². The van der Waals surface area contributed by atoms with E-state index >= 15 is 0 Å². The average molecular weight is 187 g/mol. The van der Waals surface area contributed by atoms with Crippen LogP contribution in [-0.2, 0) is 0 Å². The van der Waals surface area contributed by atoms with Crippen molar-refractivity contribution in [3.63, 3.8) is 0 Å². The minimum atomic E-state index is 0.608. The summed E-state index contributed by atoms with van der Waals surface area (Å²) in [5.41, 5.74) is 0. The zero-order valence-electron chi connectivity index (χ0n) is 7.13. The van der Waals surface area contributed by atoms with Crippen molar-refractivity contribution in [2.45, 2.75) is 6.92 Å². The summed E-state index contributed by atoms with van der Waals surface area (Å²) in [7, 11) is 1.60. The Labute approximate surface area is 77.1 Å². The molecule has 0 atom stereocenters. The fourth-order valence-electron chi connectivity index (χ4n) is 0.919. The highest BCUT2D eigenvalue weighted by atomic mass is 35.5. The first kappa shape index (κ1) is 9.20.